The van der Waals surface area contributed by atoms with Crippen molar-refractivity contribution in [2.45, 2.75) is 25.6 Å². The Kier molecular flexibility index (Phi) is 6.44. The van der Waals surface area contributed by atoms with E-state index in [9.17, 15) is 13.2 Å². The fourth-order valence-electron chi connectivity index (χ4n) is 4.07. The van der Waals surface area contributed by atoms with Crippen LogP contribution in [0.2, 0.25) is 5.02 Å². The lowest BCUT2D eigenvalue weighted by atomic mass is 10.1. The van der Waals surface area contributed by atoms with E-state index in [1.165, 1.54) is 24.4 Å². The fourth-order valence-corrected chi connectivity index (χ4v) is 4.35. The van der Waals surface area contributed by atoms with E-state index in [0.717, 1.165) is 12.1 Å². The number of alkyl halides is 3. The Labute approximate surface area is 208 Å². The molecule has 0 saturated carbocycles. The topological polar surface area (TPSA) is 76.2 Å². The second-order valence-corrected chi connectivity index (χ2v) is 8.53. The van der Waals surface area contributed by atoms with Crippen LogP contribution in [0.15, 0.2) is 42.6 Å². The van der Waals surface area contributed by atoms with Gasteiger partial charge in [0.2, 0.25) is 5.95 Å². The number of rotatable bonds is 6. The first kappa shape index (κ1) is 24.3. The van der Waals surface area contributed by atoms with E-state index < -0.39 is 17.6 Å². The van der Waals surface area contributed by atoms with Gasteiger partial charge in [-0.15, -0.1) is 0 Å². The van der Waals surface area contributed by atoms with Crippen LogP contribution in [-0.2, 0) is 10.9 Å². The molecular weight excluding hydrogens is 502 g/mol. The Bertz CT molecular complexity index is 1410. The molecule has 2 aromatic heterocycles. The minimum atomic E-state index is -4.54. The van der Waals surface area contributed by atoms with Gasteiger partial charge in [-0.3, -0.25) is 5.10 Å². The van der Waals surface area contributed by atoms with Gasteiger partial charge in [0.05, 0.1) is 41.2 Å². The molecule has 36 heavy (non-hydrogen) atoms. The average molecular weight is 522 g/mol. The van der Waals surface area contributed by atoms with Crippen LogP contribution in [0.1, 0.15) is 18.9 Å². The average Bonchev–Trinajstić information content (AvgIpc) is 3.52. The van der Waals surface area contributed by atoms with E-state index in [1.807, 2.05) is 0 Å². The van der Waals surface area contributed by atoms with Crippen LogP contribution in [0.3, 0.4) is 0 Å². The van der Waals surface area contributed by atoms with Gasteiger partial charge in [-0.1, -0.05) is 17.7 Å². The third kappa shape index (κ3) is 4.56. The molecule has 5 rings (SSSR count). The molecule has 3 heterocycles. The molecule has 1 atom stereocenters. The molecule has 0 radical (unpaired) electrons. The van der Waals surface area contributed by atoms with Gasteiger partial charge in [0, 0.05) is 13.0 Å². The highest BCUT2D eigenvalue weighted by Gasteiger charge is 2.32. The zero-order chi connectivity index (χ0) is 25.4. The molecular formula is C24H20ClF4N5O2. The lowest BCUT2D eigenvalue weighted by molar-refractivity contribution is -0.137. The normalized spacial score (nSPS) is 16.0. The molecule has 1 N–H and O–H groups in total. The van der Waals surface area contributed by atoms with Gasteiger partial charge in [0.25, 0.3) is 0 Å². The first-order valence-electron chi connectivity index (χ1n) is 11.1. The molecule has 0 amide bonds. The van der Waals surface area contributed by atoms with Gasteiger partial charge in [0.1, 0.15) is 34.4 Å². The number of halogens is 5. The van der Waals surface area contributed by atoms with Crippen molar-refractivity contribution in [3.8, 4) is 17.0 Å². The van der Waals surface area contributed by atoms with Crippen molar-refractivity contribution < 1.29 is 27.0 Å². The van der Waals surface area contributed by atoms with Crippen LogP contribution in [0.25, 0.3) is 22.3 Å². The maximum atomic E-state index is 15.3. The smallest absolute Gasteiger partial charge is 0.416 e. The number of nitrogens with zero attached hydrogens (tertiary/aromatic N) is 4. The van der Waals surface area contributed by atoms with Crippen LogP contribution in [-0.4, -0.2) is 46.0 Å². The highest BCUT2D eigenvalue weighted by Crippen LogP contribution is 2.40. The molecule has 12 heteroatoms. The third-order valence-corrected chi connectivity index (χ3v) is 6.11. The quantitative estimate of drug-likeness (QED) is 0.306. The Morgan fingerprint density at radius 1 is 1.22 bits per heavy atom. The highest BCUT2D eigenvalue weighted by atomic mass is 35.5. The van der Waals surface area contributed by atoms with Gasteiger partial charge in [-0.05, 0) is 37.3 Å². The lowest BCUT2D eigenvalue weighted by Gasteiger charge is -2.24. The van der Waals surface area contributed by atoms with E-state index in [2.05, 4.69) is 20.2 Å². The number of hydrogen-bond acceptors (Lipinski definition) is 6. The molecule has 0 bridgehead atoms. The van der Waals surface area contributed by atoms with Crippen molar-refractivity contribution in [1.29, 1.82) is 0 Å². The number of benzene rings is 2. The molecule has 7 nitrogen and oxygen atoms in total. The lowest BCUT2D eigenvalue weighted by Crippen LogP contribution is -2.20. The molecule has 2 aromatic carbocycles. The van der Waals surface area contributed by atoms with Crippen molar-refractivity contribution in [2.75, 3.05) is 24.7 Å². The summed E-state index contributed by atoms with van der Waals surface area (Å²) in [7, 11) is 0. The van der Waals surface area contributed by atoms with Crippen LogP contribution < -0.4 is 9.64 Å². The Hall–Kier alpha value is -3.44. The predicted molar refractivity (Wildman–Crippen MR) is 126 cm³/mol. The summed E-state index contributed by atoms with van der Waals surface area (Å²) in [6.07, 6.45) is -2.65. The van der Waals surface area contributed by atoms with E-state index >= 15 is 4.39 Å². The van der Waals surface area contributed by atoms with Gasteiger partial charge in [-0.2, -0.15) is 18.3 Å². The van der Waals surface area contributed by atoms with Crippen LogP contribution in [0.5, 0.6) is 5.75 Å². The fraction of sp³-hybridized carbons (Fsp3) is 0.292. The first-order chi connectivity index (χ1) is 17.3. The van der Waals surface area contributed by atoms with Crippen LogP contribution in [0, 0.1) is 5.82 Å². The number of ether oxygens (including phenoxy) is 2. The zero-order valence-corrected chi connectivity index (χ0v) is 19.7. The standard InChI is InChI=1S/C24H20ClF4N5O2/c1-2-34(18-7-6-13(10-15(18)25)24(27,28)29)23-31-17-11-30-33-21(17)22(32-23)20-16(26)4-3-5-19(20)36-14-8-9-35-12-14/h3-7,10-11,14H,2,8-9,12H2,1H3,(H,30,33). The Morgan fingerprint density at radius 3 is 2.75 bits per heavy atom. The van der Waals surface area contributed by atoms with Crippen LogP contribution >= 0.6 is 11.6 Å². The van der Waals surface area contributed by atoms with E-state index in [4.69, 9.17) is 21.1 Å². The second-order valence-electron chi connectivity index (χ2n) is 8.13. The van der Waals surface area contributed by atoms with Gasteiger partial charge >= 0.3 is 6.18 Å². The number of anilines is 2. The summed E-state index contributed by atoms with van der Waals surface area (Å²) in [4.78, 5) is 10.7. The molecule has 1 aliphatic rings. The molecule has 188 valence electrons. The number of hydrogen-bond donors (Lipinski definition) is 1. The highest BCUT2D eigenvalue weighted by molar-refractivity contribution is 6.33. The largest absolute Gasteiger partial charge is 0.487 e. The van der Waals surface area contributed by atoms with Gasteiger partial charge in [0.15, 0.2) is 0 Å². The Morgan fingerprint density at radius 2 is 2.06 bits per heavy atom. The summed E-state index contributed by atoms with van der Waals surface area (Å²) in [5, 5.41) is 6.70. The van der Waals surface area contributed by atoms with Crippen molar-refractivity contribution in [1.82, 2.24) is 20.2 Å². The molecule has 4 aromatic rings. The van der Waals surface area contributed by atoms with Crippen molar-refractivity contribution >= 4 is 34.3 Å². The minimum absolute atomic E-state index is 0.108. The van der Waals surface area contributed by atoms with Crippen molar-refractivity contribution in [3.05, 3.63) is 59.0 Å². The molecule has 0 aliphatic carbocycles. The van der Waals surface area contributed by atoms with Gasteiger partial charge < -0.3 is 14.4 Å². The van der Waals surface area contributed by atoms with Crippen LogP contribution in [0.4, 0.5) is 29.2 Å². The van der Waals surface area contributed by atoms with E-state index in [1.54, 1.807) is 17.9 Å². The number of H-pyrrole nitrogens is 1. The van der Waals surface area contributed by atoms with Crippen molar-refractivity contribution in [3.63, 3.8) is 0 Å². The van der Waals surface area contributed by atoms with Crippen molar-refractivity contribution in [2.24, 2.45) is 0 Å². The minimum Gasteiger partial charge on any atom is -0.487 e. The summed E-state index contributed by atoms with van der Waals surface area (Å²) >= 11 is 6.25. The molecule has 1 aliphatic heterocycles. The monoisotopic (exact) mass is 521 g/mol. The second kappa shape index (κ2) is 9.55. The maximum absolute atomic E-state index is 15.3. The SMILES string of the molecule is CCN(c1nc(-c2c(F)cccc2OC2CCOC2)c2[nH]ncc2n1)c1ccc(C(F)(F)F)cc1Cl. The summed E-state index contributed by atoms with van der Waals surface area (Å²) < 4.78 is 66.1. The summed E-state index contributed by atoms with van der Waals surface area (Å²) in [6.45, 7) is 2.99. The predicted octanol–water partition coefficient (Wildman–Crippen LogP) is 6.16. The van der Waals surface area contributed by atoms with Gasteiger partial charge in [-0.25, -0.2) is 14.4 Å². The number of aromatic nitrogens is 4. The zero-order valence-electron chi connectivity index (χ0n) is 18.9. The number of nitrogens with one attached hydrogen (secondary N) is 1. The van der Waals surface area contributed by atoms with E-state index in [0.29, 0.717) is 30.7 Å². The summed E-state index contributed by atoms with van der Waals surface area (Å²) in [5.41, 5.74) is 0.469. The third-order valence-electron chi connectivity index (χ3n) is 5.81. The Balaban J connectivity index is 1.64. The number of aromatic amines is 1. The summed E-state index contributed by atoms with van der Waals surface area (Å²) in [5.74, 6) is -0.175. The first-order valence-corrected chi connectivity index (χ1v) is 11.5. The summed E-state index contributed by atoms with van der Waals surface area (Å²) in [6, 6.07) is 7.52. The maximum Gasteiger partial charge on any atom is 0.416 e. The number of fused-ring (bicyclic) bond motifs is 1. The molecule has 0 spiro atoms. The molecule has 1 unspecified atom stereocenters. The molecule has 1 fully saturated rings. The molecule has 1 saturated heterocycles. The van der Waals surface area contributed by atoms with E-state index in [-0.39, 0.29) is 46.3 Å².